The summed E-state index contributed by atoms with van der Waals surface area (Å²) >= 11 is 0. The first-order chi connectivity index (χ1) is 12.6. The van der Waals surface area contributed by atoms with Gasteiger partial charge in [0.05, 0.1) is 13.2 Å². The fraction of sp³-hybridized carbons (Fsp3) is 0.895. The summed E-state index contributed by atoms with van der Waals surface area (Å²) < 4.78 is 5.38. The van der Waals surface area contributed by atoms with E-state index >= 15 is 0 Å². The highest BCUT2D eigenvalue weighted by Crippen LogP contribution is 2.12. The summed E-state index contributed by atoms with van der Waals surface area (Å²) in [7, 11) is 0. The molecular weight excluding hydrogens is 330 g/mol. The maximum absolute atomic E-state index is 12.1. The van der Waals surface area contributed by atoms with Crippen molar-refractivity contribution in [2.75, 3.05) is 59.0 Å². The molecule has 0 bridgehead atoms. The van der Waals surface area contributed by atoms with Crippen molar-refractivity contribution in [1.82, 2.24) is 20.4 Å². The molecule has 0 spiro atoms. The molecule has 2 saturated heterocycles. The van der Waals surface area contributed by atoms with Crippen LogP contribution in [0.4, 0.5) is 0 Å². The normalized spacial score (nSPS) is 22.1. The van der Waals surface area contributed by atoms with Gasteiger partial charge in [0.25, 0.3) is 0 Å². The van der Waals surface area contributed by atoms with E-state index in [2.05, 4.69) is 22.5 Å². The molecule has 7 heteroatoms. The van der Waals surface area contributed by atoms with Crippen molar-refractivity contribution >= 4 is 11.9 Å². The maximum atomic E-state index is 12.1. The van der Waals surface area contributed by atoms with Gasteiger partial charge in [-0.3, -0.25) is 14.7 Å². The average molecular weight is 368 g/mol. The molecule has 2 rings (SSSR count). The Morgan fingerprint density at radius 1 is 1.23 bits per heavy atom. The minimum atomic E-state index is 0.0714. The molecule has 1 atom stereocenters. The highest BCUT2D eigenvalue weighted by Gasteiger charge is 2.27. The Hall–Kier alpha value is -1.34. The van der Waals surface area contributed by atoms with Crippen LogP contribution in [-0.2, 0) is 9.53 Å². The largest absolute Gasteiger partial charge is 0.379 e. The number of hydrogen-bond donors (Lipinski definition) is 2. The van der Waals surface area contributed by atoms with Crippen molar-refractivity contribution in [2.45, 2.75) is 46.1 Å². The zero-order chi connectivity index (χ0) is 18.8. The van der Waals surface area contributed by atoms with Crippen molar-refractivity contribution < 1.29 is 9.53 Å². The second-order valence-electron chi connectivity index (χ2n) is 7.49. The molecule has 0 saturated carbocycles. The van der Waals surface area contributed by atoms with Gasteiger partial charge >= 0.3 is 0 Å². The van der Waals surface area contributed by atoms with Crippen LogP contribution >= 0.6 is 0 Å². The van der Waals surface area contributed by atoms with E-state index in [1.54, 1.807) is 0 Å². The highest BCUT2D eigenvalue weighted by molar-refractivity contribution is 5.81. The Morgan fingerprint density at radius 2 is 2.00 bits per heavy atom. The monoisotopic (exact) mass is 367 g/mol. The molecule has 150 valence electrons. The van der Waals surface area contributed by atoms with Gasteiger partial charge in [0.15, 0.2) is 5.96 Å². The molecule has 2 aliphatic heterocycles. The fourth-order valence-corrected chi connectivity index (χ4v) is 3.42. The smallest absolute Gasteiger partial charge is 0.225 e. The molecule has 0 aromatic rings. The first-order valence-electron chi connectivity index (χ1n) is 10.2. The lowest BCUT2D eigenvalue weighted by atomic mass is 10.2. The van der Waals surface area contributed by atoms with Gasteiger partial charge in [-0.1, -0.05) is 13.8 Å². The van der Waals surface area contributed by atoms with E-state index in [1.807, 2.05) is 18.7 Å². The zero-order valence-electron chi connectivity index (χ0n) is 16.8. The lowest BCUT2D eigenvalue weighted by molar-refractivity contribution is -0.133. The quantitative estimate of drug-likeness (QED) is 0.379. The molecule has 7 nitrogen and oxygen atoms in total. The summed E-state index contributed by atoms with van der Waals surface area (Å²) in [6, 6.07) is 0.295. The van der Waals surface area contributed by atoms with Crippen LogP contribution in [0.3, 0.4) is 0 Å². The third kappa shape index (κ3) is 7.11. The first-order valence-corrected chi connectivity index (χ1v) is 10.2. The standard InChI is InChI=1S/C19H37N5O2/c1-4-20-19(21-8-5-6-9-23-11-13-26-14-12-23)22-17-7-10-24(15-17)18(25)16(2)3/h16-17H,4-15H2,1-3H3,(H2,20,21,22). The number of hydrogen-bond acceptors (Lipinski definition) is 4. The van der Waals surface area contributed by atoms with Crippen molar-refractivity contribution in [3.05, 3.63) is 0 Å². The minimum Gasteiger partial charge on any atom is -0.379 e. The number of guanidine groups is 1. The fourth-order valence-electron chi connectivity index (χ4n) is 3.42. The van der Waals surface area contributed by atoms with Crippen molar-refractivity contribution in [1.29, 1.82) is 0 Å². The number of rotatable bonds is 8. The van der Waals surface area contributed by atoms with Gasteiger partial charge < -0.3 is 20.3 Å². The number of carbonyl (C=O) groups is 1. The number of amides is 1. The van der Waals surface area contributed by atoms with Gasteiger partial charge in [-0.05, 0) is 32.7 Å². The molecule has 2 aliphatic rings. The van der Waals surface area contributed by atoms with Crippen molar-refractivity contribution in [3.63, 3.8) is 0 Å². The summed E-state index contributed by atoms with van der Waals surface area (Å²) in [6.07, 6.45) is 3.25. The summed E-state index contributed by atoms with van der Waals surface area (Å²) in [4.78, 5) is 21.3. The molecule has 1 amide bonds. The summed E-state index contributed by atoms with van der Waals surface area (Å²) in [6.45, 7) is 14.3. The van der Waals surface area contributed by atoms with Crippen LogP contribution in [0.15, 0.2) is 4.99 Å². The van der Waals surface area contributed by atoms with Crippen LogP contribution in [0.2, 0.25) is 0 Å². The van der Waals surface area contributed by atoms with E-state index in [9.17, 15) is 4.79 Å². The molecule has 0 aromatic heterocycles. The maximum Gasteiger partial charge on any atom is 0.225 e. The Kier molecular flexibility index (Phi) is 9.18. The number of unbranched alkanes of at least 4 members (excludes halogenated alkanes) is 1. The van der Waals surface area contributed by atoms with E-state index < -0.39 is 0 Å². The second-order valence-corrected chi connectivity index (χ2v) is 7.49. The van der Waals surface area contributed by atoms with Crippen LogP contribution in [0.1, 0.15) is 40.0 Å². The Morgan fingerprint density at radius 3 is 2.69 bits per heavy atom. The summed E-state index contributed by atoms with van der Waals surface area (Å²) in [5, 5.41) is 6.82. The number of aliphatic imine (C=N–C) groups is 1. The number of nitrogens with one attached hydrogen (secondary N) is 2. The van der Waals surface area contributed by atoms with E-state index in [0.29, 0.717) is 6.04 Å². The Labute approximate surface area is 158 Å². The lowest BCUT2D eigenvalue weighted by Gasteiger charge is -2.26. The van der Waals surface area contributed by atoms with E-state index in [1.165, 1.54) is 6.42 Å². The van der Waals surface area contributed by atoms with Gasteiger partial charge in [0.1, 0.15) is 0 Å². The number of nitrogens with zero attached hydrogens (tertiary/aromatic N) is 3. The molecule has 0 aliphatic carbocycles. The van der Waals surface area contributed by atoms with Crippen LogP contribution < -0.4 is 10.6 Å². The number of likely N-dealkylation sites (tertiary alicyclic amines) is 1. The predicted octanol–water partition coefficient (Wildman–Crippen LogP) is 0.911. The molecule has 0 aromatic carbocycles. The van der Waals surface area contributed by atoms with Gasteiger partial charge in [-0.15, -0.1) is 0 Å². The zero-order valence-corrected chi connectivity index (χ0v) is 16.8. The van der Waals surface area contributed by atoms with Gasteiger partial charge in [-0.2, -0.15) is 0 Å². The Balaban J connectivity index is 1.68. The van der Waals surface area contributed by atoms with Crippen LogP contribution in [-0.4, -0.2) is 86.7 Å². The van der Waals surface area contributed by atoms with E-state index in [4.69, 9.17) is 9.73 Å². The molecule has 26 heavy (non-hydrogen) atoms. The third-order valence-electron chi connectivity index (χ3n) is 4.93. The number of ether oxygens (including phenoxy) is 1. The average Bonchev–Trinajstić information content (AvgIpc) is 3.10. The van der Waals surface area contributed by atoms with Crippen molar-refractivity contribution in [2.24, 2.45) is 10.9 Å². The van der Waals surface area contributed by atoms with Crippen LogP contribution in [0.25, 0.3) is 0 Å². The summed E-state index contributed by atoms with van der Waals surface area (Å²) in [5.74, 6) is 1.20. The first kappa shape index (κ1) is 21.0. The summed E-state index contributed by atoms with van der Waals surface area (Å²) in [5.41, 5.74) is 0. The van der Waals surface area contributed by atoms with Gasteiger partial charge in [0.2, 0.25) is 5.91 Å². The van der Waals surface area contributed by atoms with Gasteiger partial charge in [0, 0.05) is 51.2 Å². The van der Waals surface area contributed by atoms with Crippen LogP contribution in [0, 0.1) is 5.92 Å². The SMILES string of the molecule is CCNC(=NCCCCN1CCOCC1)NC1CCN(C(=O)C(C)C)C1. The molecule has 1 unspecified atom stereocenters. The molecular formula is C19H37N5O2. The molecule has 0 radical (unpaired) electrons. The molecule has 2 heterocycles. The Bertz CT molecular complexity index is 449. The predicted molar refractivity (Wildman–Crippen MR) is 105 cm³/mol. The molecule has 2 N–H and O–H groups in total. The van der Waals surface area contributed by atoms with Gasteiger partial charge in [-0.25, -0.2) is 0 Å². The minimum absolute atomic E-state index is 0.0714. The van der Waals surface area contributed by atoms with E-state index in [0.717, 1.165) is 77.8 Å². The third-order valence-corrected chi connectivity index (χ3v) is 4.93. The van der Waals surface area contributed by atoms with Crippen molar-refractivity contribution in [3.8, 4) is 0 Å². The second kappa shape index (κ2) is 11.4. The topological polar surface area (TPSA) is 69.2 Å². The van der Waals surface area contributed by atoms with Crippen LogP contribution in [0.5, 0.6) is 0 Å². The molecule has 2 fully saturated rings. The highest BCUT2D eigenvalue weighted by atomic mass is 16.5. The number of carbonyl (C=O) groups excluding carboxylic acids is 1. The number of morpholine rings is 1. The lowest BCUT2D eigenvalue weighted by Crippen LogP contribution is -2.45. The van der Waals surface area contributed by atoms with E-state index in [-0.39, 0.29) is 11.8 Å².